The Balaban J connectivity index is 1.17. The average Bonchev–Trinajstić information content (AvgIpc) is 3.64. The highest BCUT2D eigenvalue weighted by Gasteiger charge is 2.58. The van der Waals surface area contributed by atoms with Gasteiger partial charge >= 0.3 is 24.5 Å². The number of hydrazine groups is 1. The van der Waals surface area contributed by atoms with Crippen molar-refractivity contribution < 1.29 is 73.6 Å². The Morgan fingerprint density at radius 1 is 0.833 bits per heavy atom. The number of benzene rings is 2. The Morgan fingerprint density at radius 2 is 1.45 bits per heavy atom. The molecular formula is C53H59F8N9O8. The quantitative estimate of drug-likeness (QED) is 0.0430. The number of pyridine rings is 2. The number of alkyl carbamates (subject to hydrolysis) is 1. The molecule has 4 aromatic rings. The topological polar surface area (TPSA) is 214 Å². The molecule has 0 spiro atoms. The number of aliphatic hydroxyl groups is 1. The minimum Gasteiger partial charge on any atom is -0.453 e. The molecule has 0 unspecified atom stereocenters. The molecule has 5 heterocycles. The van der Waals surface area contributed by atoms with Crippen LogP contribution in [0, 0.1) is 34.3 Å². The molecule has 0 aliphatic carbocycles. The van der Waals surface area contributed by atoms with Crippen LogP contribution >= 0.6 is 0 Å². The number of piperazine rings is 1. The number of nitrogens with two attached hydrogens (primary N) is 1. The van der Waals surface area contributed by atoms with Gasteiger partial charge in [0.1, 0.15) is 28.9 Å². The molecule has 2 aromatic heterocycles. The summed E-state index contributed by atoms with van der Waals surface area (Å²) in [5, 5.41) is 16.8. The van der Waals surface area contributed by atoms with E-state index in [0.717, 1.165) is 64.2 Å². The number of carbonyl (C=O) groups is 4. The van der Waals surface area contributed by atoms with Crippen LogP contribution in [0.5, 0.6) is 0 Å². The number of nitrogens with zero attached hydrogens (tertiary/aromatic N) is 5. The summed E-state index contributed by atoms with van der Waals surface area (Å²) < 4.78 is 133. The predicted octanol–water partition coefficient (Wildman–Crippen LogP) is 6.16. The molecule has 0 saturated carbocycles. The van der Waals surface area contributed by atoms with E-state index >= 15 is 8.78 Å². The first kappa shape index (κ1) is 58.5. The van der Waals surface area contributed by atoms with Crippen LogP contribution < -0.4 is 26.7 Å². The number of anilines is 1. The zero-order valence-corrected chi connectivity index (χ0v) is 43.1. The summed E-state index contributed by atoms with van der Waals surface area (Å²) in [6, 6.07) is 13.4. The summed E-state index contributed by atoms with van der Waals surface area (Å²) in [7, 11) is 0.839. The first-order valence-electron chi connectivity index (χ1n) is 24.7. The summed E-state index contributed by atoms with van der Waals surface area (Å²) >= 11 is 0. The standard InChI is InChI=1S/C53H59F8N9O8/c1-50(2,52(56,57)58)44(66-49(75)76-5)46(72)65-41(20-31-12-9-30(10-13-31)11-14-32-15-18-43(64-23-32)68-24-34-16-17-35(25-68)70(34)36-28-77-29-36)42(71)27-69(67-47(73)45(78-48(62)74)51(3,4)53(59,60)61)26-37-38(54)21-33(22-39(37)55)40-8-6-7-19-63-40/h6-10,12-13,15,18-19,21-23,34-36,41-42,44-45,71H,16-17,20,24-29H2,1-5H3,(H2,62,74)(H,65,72)(H,66,75)(H,67,73)/t34-,35-,41-,42-,44+,45+/m0/s1. The van der Waals surface area contributed by atoms with E-state index in [1.807, 2.05) is 22.9 Å². The number of aliphatic hydroxyl groups excluding tert-OH is 1. The summed E-state index contributed by atoms with van der Waals surface area (Å²) in [4.78, 5) is 65.8. The highest BCUT2D eigenvalue weighted by molar-refractivity contribution is 5.87. The van der Waals surface area contributed by atoms with E-state index in [9.17, 15) is 50.6 Å². The third-order valence-corrected chi connectivity index (χ3v) is 14.4. The number of nitrogens with one attached hydrogen (secondary N) is 3. The molecule has 3 fully saturated rings. The van der Waals surface area contributed by atoms with Gasteiger partial charge in [-0.25, -0.2) is 28.4 Å². The van der Waals surface area contributed by atoms with Crippen molar-refractivity contribution in [3.05, 3.63) is 113 Å². The number of hydrogen-bond acceptors (Lipinski definition) is 13. The minimum atomic E-state index is -5.24. The van der Waals surface area contributed by atoms with Crippen molar-refractivity contribution in [3.8, 4) is 23.1 Å². The number of ether oxygens (including phenoxy) is 3. The van der Waals surface area contributed by atoms with Crippen LogP contribution in [-0.2, 0) is 36.8 Å². The van der Waals surface area contributed by atoms with Gasteiger partial charge < -0.3 is 40.6 Å². The number of methoxy groups -OCH3 is 1. The van der Waals surface area contributed by atoms with Gasteiger partial charge in [0.05, 0.1) is 49.6 Å². The first-order chi connectivity index (χ1) is 36.7. The van der Waals surface area contributed by atoms with Crippen molar-refractivity contribution in [2.45, 2.75) is 108 Å². The van der Waals surface area contributed by atoms with Gasteiger partial charge in [-0.3, -0.25) is 24.9 Å². The lowest BCUT2D eigenvalue weighted by Crippen LogP contribution is -2.62. The van der Waals surface area contributed by atoms with Gasteiger partial charge in [-0.05, 0) is 101 Å². The van der Waals surface area contributed by atoms with Crippen LogP contribution in [0.15, 0.2) is 79.1 Å². The highest BCUT2D eigenvalue weighted by Crippen LogP contribution is 2.43. The van der Waals surface area contributed by atoms with E-state index in [4.69, 9.17) is 10.5 Å². The van der Waals surface area contributed by atoms with Crippen LogP contribution in [0.3, 0.4) is 0 Å². The molecule has 78 heavy (non-hydrogen) atoms. The van der Waals surface area contributed by atoms with Gasteiger partial charge in [0, 0.05) is 72.9 Å². The smallest absolute Gasteiger partial charge is 0.407 e. The molecule has 3 saturated heterocycles. The van der Waals surface area contributed by atoms with Gasteiger partial charge in [0.25, 0.3) is 5.91 Å². The van der Waals surface area contributed by atoms with E-state index < -0.39 is 108 Å². The second kappa shape index (κ2) is 23.8. The van der Waals surface area contributed by atoms with E-state index in [1.54, 1.807) is 30.5 Å². The Morgan fingerprint density at radius 3 is 1.97 bits per heavy atom. The Kier molecular flexibility index (Phi) is 17.9. The molecule has 6 N–H and O–H groups in total. The molecule has 25 heteroatoms. The van der Waals surface area contributed by atoms with Crippen LogP contribution in [-0.4, -0.2) is 144 Å². The molecule has 2 bridgehead atoms. The largest absolute Gasteiger partial charge is 0.453 e. The molecule has 3 aliphatic rings. The van der Waals surface area contributed by atoms with Crippen molar-refractivity contribution >= 4 is 29.8 Å². The van der Waals surface area contributed by atoms with Crippen molar-refractivity contribution in [1.29, 1.82) is 0 Å². The zero-order chi connectivity index (χ0) is 56.9. The number of alkyl halides is 6. The van der Waals surface area contributed by atoms with Crippen molar-refractivity contribution in [2.75, 3.05) is 44.9 Å². The van der Waals surface area contributed by atoms with Gasteiger partial charge in [-0.2, -0.15) is 26.3 Å². The second-order valence-electron chi connectivity index (χ2n) is 20.5. The maximum atomic E-state index is 16.0. The lowest BCUT2D eigenvalue weighted by molar-refractivity contribution is -0.239. The van der Waals surface area contributed by atoms with E-state index in [-0.39, 0.29) is 11.3 Å². The zero-order valence-electron chi connectivity index (χ0n) is 43.1. The van der Waals surface area contributed by atoms with E-state index in [1.165, 1.54) is 24.4 Å². The fourth-order valence-corrected chi connectivity index (χ4v) is 9.48. The van der Waals surface area contributed by atoms with Gasteiger partial charge in [0.15, 0.2) is 6.10 Å². The van der Waals surface area contributed by atoms with E-state index in [2.05, 4.69) is 46.4 Å². The average molecular weight is 1100 g/mol. The number of hydrogen-bond donors (Lipinski definition) is 5. The second-order valence-corrected chi connectivity index (χ2v) is 20.5. The number of primary amides is 1. The lowest BCUT2D eigenvalue weighted by atomic mass is 9.82. The summed E-state index contributed by atoms with van der Waals surface area (Å²) in [5.74, 6) is 1.15. The molecule has 7 rings (SSSR count). The molecule has 0 radical (unpaired) electrons. The normalized spacial score (nSPS) is 18.6. The number of rotatable bonds is 18. The molecule has 6 atom stereocenters. The Hall–Kier alpha value is -7.14. The number of fused-ring (bicyclic) bond motifs is 2. The predicted molar refractivity (Wildman–Crippen MR) is 265 cm³/mol. The van der Waals surface area contributed by atoms with Crippen molar-refractivity contribution in [1.82, 2.24) is 35.9 Å². The first-order valence-corrected chi connectivity index (χ1v) is 24.7. The number of halogens is 8. The molecule has 4 amide bonds. The third kappa shape index (κ3) is 13.6. The van der Waals surface area contributed by atoms with Gasteiger partial charge in [-0.1, -0.05) is 30.0 Å². The molecule has 17 nitrogen and oxygen atoms in total. The Labute approximate surface area is 444 Å². The van der Waals surface area contributed by atoms with Crippen molar-refractivity contribution in [2.24, 2.45) is 16.6 Å². The number of aromatic nitrogens is 2. The SMILES string of the molecule is COC(=O)N[C@H](C(=O)N[C@@H](Cc1ccc(C#Cc2ccc(N3C[C@@H]4CC[C@@H](C3)N4C3COC3)nc2)cc1)[C@@H](O)CN(Cc1c(F)cc(-c2ccccn2)cc1F)NC(=O)[C@@H](OC(N)=O)C(C)(C)C(F)(F)F)C(C)(C)C(F)(F)F. The monoisotopic (exact) mass is 1100 g/mol. The van der Waals surface area contributed by atoms with Crippen molar-refractivity contribution in [3.63, 3.8) is 0 Å². The summed E-state index contributed by atoms with van der Waals surface area (Å²) in [5.41, 5.74) is 1.59. The van der Waals surface area contributed by atoms with Crippen LogP contribution in [0.1, 0.15) is 62.8 Å². The molecule has 2 aromatic carbocycles. The maximum absolute atomic E-state index is 16.0. The maximum Gasteiger partial charge on any atom is 0.407 e. The van der Waals surface area contributed by atoms with Crippen LogP contribution in [0.25, 0.3) is 11.3 Å². The summed E-state index contributed by atoms with van der Waals surface area (Å²) in [6.07, 6.45) is -13.7. The molecule has 420 valence electrons. The fourth-order valence-electron chi connectivity index (χ4n) is 9.48. The number of amides is 4. The van der Waals surface area contributed by atoms with Crippen LogP contribution in [0.4, 0.5) is 50.5 Å². The van der Waals surface area contributed by atoms with E-state index in [0.29, 0.717) is 67.5 Å². The summed E-state index contributed by atoms with van der Waals surface area (Å²) in [6.45, 7) is 3.34. The minimum absolute atomic E-state index is 0.0406. The van der Waals surface area contributed by atoms with Gasteiger partial charge in [-0.15, -0.1) is 0 Å². The lowest BCUT2D eigenvalue weighted by Gasteiger charge is -2.47. The molecular weight excluding hydrogens is 1040 g/mol. The van der Waals surface area contributed by atoms with Crippen LogP contribution in [0.2, 0.25) is 0 Å². The van der Waals surface area contributed by atoms with Gasteiger partial charge in [0.2, 0.25) is 5.91 Å². The Bertz CT molecular complexity index is 2810. The fraction of sp³-hybridized carbons (Fsp3) is 0.472. The number of carbonyl (C=O) groups excluding carboxylic acids is 4. The molecule has 3 aliphatic heterocycles. The third-order valence-electron chi connectivity index (χ3n) is 14.4. The highest BCUT2D eigenvalue weighted by atomic mass is 19.4.